The number of rotatable bonds is 4. The van der Waals surface area contributed by atoms with E-state index in [1.807, 2.05) is 32.9 Å². The second-order valence-corrected chi connectivity index (χ2v) is 4.60. The minimum atomic E-state index is -0.182. The number of methoxy groups -OCH3 is 1. The number of aryl methyl sites for hydroxylation is 3. The smallest absolute Gasteiger partial charge is 0.260 e. The maximum absolute atomic E-state index is 12.5. The lowest BCUT2D eigenvalue weighted by Gasteiger charge is -2.13. The molecule has 0 bridgehead atoms. The highest BCUT2D eigenvalue weighted by Gasteiger charge is 2.17. The van der Waals surface area contributed by atoms with Crippen molar-refractivity contribution in [2.75, 3.05) is 12.4 Å². The van der Waals surface area contributed by atoms with Gasteiger partial charge in [0.25, 0.3) is 5.91 Å². The standard InChI is InChI=1S/C15H19N3O2/c1-5-18-14(11(3)9-16-18)17-15(19)13-10(2)7-6-8-12(13)20-4/h6-9H,5H2,1-4H3,(H,17,19). The first kappa shape index (κ1) is 14.1. The van der Waals surface area contributed by atoms with Crippen LogP contribution in [0.3, 0.4) is 0 Å². The lowest BCUT2D eigenvalue weighted by molar-refractivity contribution is 0.102. The third kappa shape index (κ3) is 2.52. The van der Waals surface area contributed by atoms with Crippen molar-refractivity contribution in [3.8, 4) is 5.75 Å². The van der Waals surface area contributed by atoms with Crippen molar-refractivity contribution in [1.29, 1.82) is 0 Å². The SMILES string of the molecule is CCn1ncc(C)c1NC(=O)c1c(C)cccc1OC. The molecule has 0 fully saturated rings. The summed E-state index contributed by atoms with van der Waals surface area (Å²) in [5.41, 5.74) is 2.37. The summed E-state index contributed by atoms with van der Waals surface area (Å²) in [5.74, 6) is 1.11. The van der Waals surface area contributed by atoms with Crippen LogP contribution in [0.2, 0.25) is 0 Å². The molecule has 5 heteroatoms. The van der Waals surface area contributed by atoms with Crippen LogP contribution in [0.1, 0.15) is 28.4 Å². The van der Waals surface area contributed by atoms with Crippen LogP contribution in [0, 0.1) is 13.8 Å². The van der Waals surface area contributed by atoms with E-state index in [9.17, 15) is 4.79 Å². The molecule has 0 spiro atoms. The van der Waals surface area contributed by atoms with Gasteiger partial charge in [-0.15, -0.1) is 0 Å². The van der Waals surface area contributed by atoms with Crippen LogP contribution in [0.4, 0.5) is 5.82 Å². The van der Waals surface area contributed by atoms with E-state index < -0.39 is 0 Å². The van der Waals surface area contributed by atoms with E-state index in [4.69, 9.17) is 4.74 Å². The number of carbonyl (C=O) groups is 1. The Labute approximate surface area is 118 Å². The summed E-state index contributed by atoms with van der Waals surface area (Å²) in [6.07, 6.45) is 1.74. The number of anilines is 1. The van der Waals surface area contributed by atoms with Crippen LogP contribution in [0.15, 0.2) is 24.4 Å². The van der Waals surface area contributed by atoms with Crippen molar-refractivity contribution in [3.05, 3.63) is 41.1 Å². The fourth-order valence-corrected chi connectivity index (χ4v) is 2.15. The first-order valence-corrected chi connectivity index (χ1v) is 6.55. The maximum atomic E-state index is 12.5. The largest absolute Gasteiger partial charge is 0.496 e. The van der Waals surface area contributed by atoms with Gasteiger partial charge in [-0.05, 0) is 32.4 Å². The Balaban J connectivity index is 2.36. The first-order chi connectivity index (χ1) is 9.58. The molecule has 5 nitrogen and oxygen atoms in total. The molecule has 0 unspecified atom stereocenters. The van der Waals surface area contributed by atoms with Crippen molar-refractivity contribution in [2.24, 2.45) is 0 Å². The van der Waals surface area contributed by atoms with Crippen LogP contribution >= 0.6 is 0 Å². The zero-order valence-corrected chi connectivity index (χ0v) is 12.2. The Morgan fingerprint density at radius 1 is 1.35 bits per heavy atom. The van der Waals surface area contributed by atoms with E-state index in [0.29, 0.717) is 17.9 Å². The van der Waals surface area contributed by atoms with Crippen molar-refractivity contribution >= 4 is 11.7 Å². The molecule has 20 heavy (non-hydrogen) atoms. The third-order valence-electron chi connectivity index (χ3n) is 3.24. The molecular formula is C15H19N3O2. The molecule has 1 N–H and O–H groups in total. The van der Waals surface area contributed by atoms with Gasteiger partial charge >= 0.3 is 0 Å². The predicted octanol–water partition coefficient (Wildman–Crippen LogP) is 2.78. The Morgan fingerprint density at radius 2 is 2.10 bits per heavy atom. The van der Waals surface area contributed by atoms with E-state index in [1.165, 1.54) is 0 Å². The molecule has 1 aromatic heterocycles. The highest BCUT2D eigenvalue weighted by atomic mass is 16.5. The Hall–Kier alpha value is -2.30. The van der Waals surface area contributed by atoms with E-state index in [-0.39, 0.29) is 5.91 Å². The van der Waals surface area contributed by atoms with Gasteiger partial charge in [0.15, 0.2) is 0 Å². The molecule has 2 aromatic rings. The fourth-order valence-electron chi connectivity index (χ4n) is 2.15. The minimum Gasteiger partial charge on any atom is -0.496 e. The number of hydrogen-bond donors (Lipinski definition) is 1. The van der Waals surface area contributed by atoms with Crippen molar-refractivity contribution in [1.82, 2.24) is 9.78 Å². The van der Waals surface area contributed by atoms with Crippen LogP contribution in [-0.4, -0.2) is 22.8 Å². The van der Waals surface area contributed by atoms with Gasteiger partial charge < -0.3 is 10.1 Å². The van der Waals surface area contributed by atoms with Gasteiger partial charge in [0.2, 0.25) is 0 Å². The molecule has 0 saturated carbocycles. The monoisotopic (exact) mass is 273 g/mol. The molecule has 106 valence electrons. The Bertz CT molecular complexity index is 632. The Morgan fingerprint density at radius 3 is 2.75 bits per heavy atom. The molecule has 0 saturated heterocycles. The lowest BCUT2D eigenvalue weighted by atomic mass is 10.1. The highest BCUT2D eigenvalue weighted by Crippen LogP contribution is 2.24. The summed E-state index contributed by atoms with van der Waals surface area (Å²) in [5, 5.41) is 7.14. The van der Waals surface area contributed by atoms with Crippen molar-refractivity contribution in [3.63, 3.8) is 0 Å². The average molecular weight is 273 g/mol. The molecule has 2 rings (SSSR count). The van der Waals surface area contributed by atoms with Crippen LogP contribution in [0.25, 0.3) is 0 Å². The summed E-state index contributed by atoms with van der Waals surface area (Å²) in [6, 6.07) is 5.54. The molecule has 1 amide bonds. The summed E-state index contributed by atoms with van der Waals surface area (Å²) >= 11 is 0. The number of amides is 1. The van der Waals surface area contributed by atoms with E-state index in [1.54, 1.807) is 24.1 Å². The summed E-state index contributed by atoms with van der Waals surface area (Å²) in [6.45, 7) is 6.50. The van der Waals surface area contributed by atoms with Gasteiger partial charge in [-0.2, -0.15) is 5.10 Å². The molecule has 1 aromatic carbocycles. The van der Waals surface area contributed by atoms with E-state index in [0.717, 1.165) is 16.9 Å². The third-order valence-corrected chi connectivity index (χ3v) is 3.24. The topological polar surface area (TPSA) is 56.2 Å². The second kappa shape index (κ2) is 5.77. The van der Waals surface area contributed by atoms with Gasteiger partial charge in [-0.3, -0.25) is 4.79 Å². The molecule has 0 aliphatic carbocycles. The molecule has 0 aliphatic rings. The molecule has 0 aliphatic heterocycles. The first-order valence-electron chi connectivity index (χ1n) is 6.55. The maximum Gasteiger partial charge on any atom is 0.260 e. The summed E-state index contributed by atoms with van der Waals surface area (Å²) in [4.78, 5) is 12.5. The second-order valence-electron chi connectivity index (χ2n) is 4.60. The number of hydrogen-bond acceptors (Lipinski definition) is 3. The molecular weight excluding hydrogens is 254 g/mol. The number of carbonyl (C=O) groups excluding carboxylic acids is 1. The number of benzene rings is 1. The van der Waals surface area contributed by atoms with E-state index >= 15 is 0 Å². The van der Waals surface area contributed by atoms with Crippen LogP contribution < -0.4 is 10.1 Å². The molecule has 0 atom stereocenters. The highest BCUT2D eigenvalue weighted by molar-refractivity contribution is 6.07. The van der Waals surface area contributed by atoms with Gasteiger partial charge in [0.1, 0.15) is 11.6 Å². The summed E-state index contributed by atoms with van der Waals surface area (Å²) in [7, 11) is 1.56. The van der Waals surface area contributed by atoms with Crippen LogP contribution in [0.5, 0.6) is 5.75 Å². The van der Waals surface area contributed by atoms with Crippen molar-refractivity contribution < 1.29 is 9.53 Å². The van der Waals surface area contributed by atoms with Gasteiger partial charge in [0, 0.05) is 12.1 Å². The number of ether oxygens (including phenoxy) is 1. The van der Waals surface area contributed by atoms with Crippen LogP contribution in [-0.2, 0) is 6.54 Å². The van der Waals surface area contributed by atoms with Gasteiger partial charge in [0.05, 0.1) is 18.9 Å². The minimum absolute atomic E-state index is 0.182. The predicted molar refractivity (Wildman–Crippen MR) is 78.3 cm³/mol. The zero-order chi connectivity index (χ0) is 14.7. The molecule has 0 radical (unpaired) electrons. The normalized spacial score (nSPS) is 10.4. The zero-order valence-electron chi connectivity index (χ0n) is 12.2. The summed E-state index contributed by atoms with van der Waals surface area (Å²) < 4.78 is 7.03. The van der Waals surface area contributed by atoms with Gasteiger partial charge in [-0.1, -0.05) is 12.1 Å². The fraction of sp³-hybridized carbons (Fsp3) is 0.333. The van der Waals surface area contributed by atoms with E-state index in [2.05, 4.69) is 10.4 Å². The van der Waals surface area contributed by atoms with Crippen molar-refractivity contribution in [2.45, 2.75) is 27.3 Å². The Kier molecular flexibility index (Phi) is 4.08. The quantitative estimate of drug-likeness (QED) is 0.932. The number of nitrogens with zero attached hydrogens (tertiary/aromatic N) is 2. The van der Waals surface area contributed by atoms with Gasteiger partial charge in [-0.25, -0.2) is 4.68 Å². The molecule has 1 heterocycles. The number of aromatic nitrogens is 2. The number of nitrogens with one attached hydrogen (secondary N) is 1. The average Bonchev–Trinajstić information content (AvgIpc) is 2.79. The lowest BCUT2D eigenvalue weighted by Crippen LogP contribution is -2.18.